The number of nitrogens with zero attached hydrogens (tertiary/aromatic N) is 4. The van der Waals surface area contributed by atoms with Crippen LogP contribution in [0, 0.1) is 11.8 Å². The van der Waals surface area contributed by atoms with Crippen molar-refractivity contribution in [2.45, 2.75) is 44.5 Å². The number of fused-ring (bicyclic) bond motifs is 1. The molecule has 4 rings (SSSR count). The second kappa shape index (κ2) is 5.35. The van der Waals surface area contributed by atoms with Crippen molar-refractivity contribution >= 4 is 17.0 Å². The van der Waals surface area contributed by atoms with Crippen molar-refractivity contribution in [3.8, 4) is 0 Å². The molecule has 0 bridgehead atoms. The Bertz CT molecular complexity index is 763. The maximum atomic E-state index is 10.9. The molecule has 9 nitrogen and oxygen atoms in total. The van der Waals surface area contributed by atoms with Crippen LogP contribution in [0.5, 0.6) is 0 Å². The molecule has 2 aliphatic rings. The monoisotopic (exact) mass is 334 g/mol. The highest BCUT2D eigenvalue weighted by Gasteiger charge is 2.55. The SMILES string of the molecule is CC1(C)OC(C2CC2CN)C([C@@H](O)n2cnc3c(N)ncnc32)O1. The van der Waals surface area contributed by atoms with Gasteiger partial charge >= 0.3 is 0 Å². The van der Waals surface area contributed by atoms with Crippen LogP contribution in [-0.2, 0) is 9.47 Å². The van der Waals surface area contributed by atoms with Crippen molar-refractivity contribution in [1.29, 1.82) is 0 Å². The summed E-state index contributed by atoms with van der Waals surface area (Å²) in [7, 11) is 0. The molecular weight excluding hydrogens is 312 g/mol. The Hall–Kier alpha value is -1.81. The first kappa shape index (κ1) is 15.7. The van der Waals surface area contributed by atoms with E-state index in [1.54, 1.807) is 4.57 Å². The van der Waals surface area contributed by atoms with Crippen LogP contribution < -0.4 is 11.5 Å². The van der Waals surface area contributed by atoms with Gasteiger partial charge in [0.1, 0.15) is 17.9 Å². The van der Waals surface area contributed by atoms with Gasteiger partial charge in [0.15, 0.2) is 23.5 Å². The van der Waals surface area contributed by atoms with Gasteiger partial charge in [-0.15, -0.1) is 0 Å². The minimum absolute atomic E-state index is 0.222. The molecule has 3 heterocycles. The summed E-state index contributed by atoms with van der Waals surface area (Å²) >= 11 is 0. The van der Waals surface area contributed by atoms with E-state index in [-0.39, 0.29) is 11.9 Å². The first-order valence-corrected chi connectivity index (χ1v) is 8.08. The lowest BCUT2D eigenvalue weighted by atomic mass is 10.1. The summed E-state index contributed by atoms with van der Waals surface area (Å²) in [6.07, 6.45) is 2.09. The number of aliphatic hydroxyl groups is 1. The Morgan fingerprint density at radius 1 is 1.38 bits per heavy atom. The van der Waals surface area contributed by atoms with E-state index in [1.807, 2.05) is 13.8 Å². The predicted molar refractivity (Wildman–Crippen MR) is 85.5 cm³/mol. The number of aromatic nitrogens is 4. The van der Waals surface area contributed by atoms with Crippen LogP contribution in [0.15, 0.2) is 12.7 Å². The van der Waals surface area contributed by atoms with Crippen molar-refractivity contribution in [1.82, 2.24) is 19.5 Å². The number of hydrogen-bond acceptors (Lipinski definition) is 8. The maximum Gasteiger partial charge on any atom is 0.167 e. The summed E-state index contributed by atoms with van der Waals surface area (Å²) in [5.41, 5.74) is 12.5. The number of nitrogen functional groups attached to an aromatic ring is 1. The average Bonchev–Trinajstić information content (AvgIpc) is 3.07. The molecule has 4 unspecified atom stereocenters. The first-order chi connectivity index (χ1) is 11.4. The highest BCUT2D eigenvalue weighted by atomic mass is 16.8. The molecule has 1 aliphatic heterocycles. The lowest BCUT2D eigenvalue weighted by Gasteiger charge is -2.23. The largest absolute Gasteiger partial charge is 0.382 e. The van der Waals surface area contributed by atoms with Gasteiger partial charge in [-0.05, 0) is 38.6 Å². The average molecular weight is 334 g/mol. The van der Waals surface area contributed by atoms with Crippen LogP contribution in [0.25, 0.3) is 11.2 Å². The summed E-state index contributed by atoms with van der Waals surface area (Å²) in [6.45, 7) is 4.31. The van der Waals surface area contributed by atoms with Crippen LogP contribution in [-0.4, -0.2) is 49.2 Å². The maximum absolute atomic E-state index is 10.9. The minimum atomic E-state index is -0.991. The van der Waals surface area contributed by atoms with Crippen LogP contribution in [0.3, 0.4) is 0 Å². The quantitative estimate of drug-likeness (QED) is 0.712. The molecule has 0 spiro atoms. The number of rotatable bonds is 4. The number of aliphatic hydroxyl groups excluding tert-OH is 1. The molecule has 1 saturated heterocycles. The zero-order valence-electron chi connectivity index (χ0n) is 13.7. The molecule has 5 N–H and O–H groups in total. The highest BCUT2D eigenvalue weighted by Crippen LogP contribution is 2.49. The standard InChI is InChI=1S/C15H22N6O3/c1-15(2)23-10(8-3-7(8)4-16)11(24-15)14(22)21-6-20-9-12(17)18-5-19-13(9)21/h5-8,10-11,14,22H,3-4,16H2,1-2H3,(H2,17,18,19)/t7?,8?,10?,11?,14-/m1/s1. The molecule has 130 valence electrons. The second-order valence-corrected chi connectivity index (χ2v) is 6.96. The summed E-state index contributed by atoms with van der Waals surface area (Å²) < 4.78 is 13.6. The third-order valence-electron chi connectivity index (χ3n) is 4.83. The zero-order chi connectivity index (χ0) is 17.1. The molecule has 1 saturated carbocycles. The second-order valence-electron chi connectivity index (χ2n) is 6.96. The molecule has 2 fully saturated rings. The van der Waals surface area contributed by atoms with Gasteiger partial charge in [0.2, 0.25) is 0 Å². The molecular formula is C15H22N6O3. The lowest BCUT2D eigenvalue weighted by molar-refractivity contribution is -0.161. The Kier molecular flexibility index (Phi) is 3.50. The fraction of sp³-hybridized carbons (Fsp3) is 0.667. The van der Waals surface area contributed by atoms with Gasteiger partial charge in [-0.2, -0.15) is 0 Å². The fourth-order valence-electron chi connectivity index (χ4n) is 3.55. The molecule has 5 atom stereocenters. The fourth-order valence-corrected chi connectivity index (χ4v) is 3.55. The molecule has 0 aromatic carbocycles. The molecule has 9 heteroatoms. The van der Waals surface area contributed by atoms with Gasteiger partial charge in [-0.3, -0.25) is 4.57 Å². The van der Waals surface area contributed by atoms with Crippen LogP contribution in [0.1, 0.15) is 26.5 Å². The number of hydrogen-bond donors (Lipinski definition) is 3. The topological polar surface area (TPSA) is 134 Å². The van der Waals surface area contributed by atoms with Crippen molar-refractivity contribution in [2.24, 2.45) is 17.6 Å². The number of anilines is 1. The smallest absolute Gasteiger partial charge is 0.167 e. The van der Waals surface area contributed by atoms with Gasteiger partial charge < -0.3 is 26.0 Å². The third kappa shape index (κ3) is 2.44. The Morgan fingerprint density at radius 3 is 2.88 bits per heavy atom. The number of imidazole rings is 1. The predicted octanol–water partition coefficient (Wildman–Crippen LogP) is 0.0143. The normalized spacial score (nSPS) is 33.0. The van der Waals surface area contributed by atoms with Crippen molar-refractivity contribution < 1.29 is 14.6 Å². The summed E-state index contributed by atoms with van der Waals surface area (Å²) in [5, 5.41) is 10.9. The van der Waals surface area contributed by atoms with Gasteiger partial charge in [-0.25, -0.2) is 15.0 Å². The van der Waals surface area contributed by atoms with Crippen molar-refractivity contribution in [3.05, 3.63) is 12.7 Å². The lowest BCUT2D eigenvalue weighted by Crippen LogP contribution is -2.35. The van der Waals surface area contributed by atoms with E-state index in [2.05, 4.69) is 15.0 Å². The number of ether oxygens (including phenoxy) is 2. The van der Waals surface area contributed by atoms with Crippen molar-refractivity contribution in [2.75, 3.05) is 12.3 Å². The summed E-state index contributed by atoms with van der Waals surface area (Å²) in [6, 6.07) is 0. The van der Waals surface area contributed by atoms with Gasteiger partial charge in [0, 0.05) is 0 Å². The van der Waals surface area contributed by atoms with E-state index in [9.17, 15) is 5.11 Å². The molecule has 1 aliphatic carbocycles. The molecule has 0 radical (unpaired) electrons. The van der Waals surface area contributed by atoms with E-state index in [0.29, 0.717) is 29.5 Å². The van der Waals surface area contributed by atoms with Crippen LogP contribution in [0.4, 0.5) is 5.82 Å². The Labute approximate surface area is 139 Å². The first-order valence-electron chi connectivity index (χ1n) is 8.08. The van der Waals surface area contributed by atoms with Gasteiger partial charge in [0.25, 0.3) is 0 Å². The van der Waals surface area contributed by atoms with Crippen LogP contribution >= 0.6 is 0 Å². The highest BCUT2D eigenvalue weighted by molar-refractivity contribution is 5.81. The molecule has 2 aromatic rings. The molecule has 24 heavy (non-hydrogen) atoms. The van der Waals surface area contributed by atoms with Crippen LogP contribution in [0.2, 0.25) is 0 Å². The minimum Gasteiger partial charge on any atom is -0.382 e. The molecule has 2 aromatic heterocycles. The van der Waals surface area contributed by atoms with E-state index in [0.717, 1.165) is 6.42 Å². The molecule has 0 amide bonds. The Balaban J connectivity index is 1.66. The van der Waals surface area contributed by atoms with Gasteiger partial charge in [-0.1, -0.05) is 0 Å². The van der Waals surface area contributed by atoms with E-state index in [1.165, 1.54) is 12.7 Å². The van der Waals surface area contributed by atoms with E-state index in [4.69, 9.17) is 20.9 Å². The summed E-state index contributed by atoms with van der Waals surface area (Å²) in [5.74, 6) is 0.227. The van der Waals surface area contributed by atoms with Crippen molar-refractivity contribution in [3.63, 3.8) is 0 Å². The Morgan fingerprint density at radius 2 is 2.17 bits per heavy atom. The van der Waals surface area contributed by atoms with Gasteiger partial charge in [0.05, 0.1) is 12.4 Å². The summed E-state index contributed by atoms with van der Waals surface area (Å²) in [4.78, 5) is 12.3. The number of nitrogens with two attached hydrogens (primary N) is 2. The van der Waals surface area contributed by atoms with E-state index < -0.39 is 18.1 Å². The zero-order valence-corrected chi connectivity index (χ0v) is 13.7. The third-order valence-corrected chi connectivity index (χ3v) is 4.83. The van der Waals surface area contributed by atoms with E-state index >= 15 is 0 Å².